The molecule has 1 rings (SSSR count). The highest BCUT2D eigenvalue weighted by Crippen LogP contribution is 2.14. The summed E-state index contributed by atoms with van der Waals surface area (Å²) in [5.74, 6) is 1.01. The van der Waals surface area contributed by atoms with Crippen LogP contribution in [0.25, 0.3) is 0 Å². The Kier molecular flexibility index (Phi) is 3.09. The van der Waals surface area contributed by atoms with Crippen molar-refractivity contribution in [3.63, 3.8) is 0 Å². The van der Waals surface area contributed by atoms with Crippen LogP contribution >= 0.6 is 0 Å². The monoisotopic (exact) mass is 164 g/mol. The van der Waals surface area contributed by atoms with E-state index in [0.29, 0.717) is 0 Å². The fourth-order valence-corrected chi connectivity index (χ4v) is 1.25. The lowest BCUT2D eigenvalue weighted by atomic mass is 10.1. The van der Waals surface area contributed by atoms with Crippen LogP contribution < -0.4 is 5.32 Å². The summed E-state index contributed by atoms with van der Waals surface area (Å²) in [6.07, 6.45) is 4.03. The summed E-state index contributed by atoms with van der Waals surface area (Å²) < 4.78 is 0. The molecule has 0 aliphatic heterocycles. The molecule has 1 aromatic heterocycles. The molecule has 0 radical (unpaired) electrons. The van der Waals surface area contributed by atoms with Gasteiger partial charge in [0.2, 0.25) is 0 Å². The lowest BCUT2D eigenvalue weighted by molar-refractivity contribution is 1.04. The van der Waals surface area contributed by atoms with Crippen molar-refractivity contribution in [1.29, 1.82) is 0 Å². The zero-order valence-electron chi connectivity index (χ0n) is 8.02. The van der Waals surface area contributed by atoms with Gasteiger partial charge in [0, 0.05) is 13.2 Å². The summed E-state index contributed by atoms with van der Waals surface area (Å²) in [7, 11) is 1.91. The van der Waals surface area contributed by atoms with Gasteiger partial charge in [-0.25, -0.2) is 4.98 Å². The van der Waals surface area contributed by atoms with Gasteiger partial charge in [0.15, 0.2) is 0 Å². The summed E-state index contributed by atoms with van der Waals surface area (Å²) in [5.41, 5.74) is 2.61. The van der Waals surface area contributed by atoms with Crippen molar-refractivity contribution in [2.45, 2.75) is 26.7 Å². The highest BCUT2D eigenvalue weighted by Gasteiger charge is 2.00. The maximum atomic E-state index is 4.33. The summed E-state index contributed by atoms with van der Waals surface area (Å²) in [6.45, 7) is 4.30. The van der Waals surface area contributed by atoms with E-state index in [1.165, 1.54) is 11.1 Å². The maximum Gasteiger partial charge on any atom is 0.128 e. The molecule has 0 saturated heterocycles. The van der Waals surface area contributed by atoms with Crippen molar-refractivity contribution >= 4 is 5.82 Å². The van der Waals surface area contributed by atoms with Crippen LogP contribution in [0.2, 0.25) is 0 Å². The Morgan fingerprint density at radius 1 is 1.33 bits per heavy atom. The third-order valence-electron chi connectivity index (χ3n) is 2.05. The highest BCUT2D eigenvalue weighted by atomic mass is 15.0. The highest BCUT2D eigenvalue weighted by molar-refractivity contribution is 5.44. The van der Waals surface area contributed by atoms with Crippen molar-refractivity contribution in [3.8, 4) is 0 Å². The topological polar surface area (TPSA) is 24.9 Å². The molecule has 1 aromatic rings. The molecule has 0 unspecified atom stereocenters. The summed E-state index contributed by atoms with van der Waals surface area (Å²) in [6, 6.07) is 2.22. The van der Waals surface area contributed by atoms with Crippen LogP contribution in [0.5, 0.6) is 0 Å². The first-order valence-electron chi connectivity index (χ1n) is 4.47. The van der Waals surface area contributed by atoms with Crippen molar-refractivity contribution in [2.75, 3.05) is 12.4 Å². The Bertz CT molecular complexity index is 256. The average Bonchev–Trinajstić information content (AvgIpc) is 2.16. The van der Waals surface area contributed by atoms with E-state index in [2.05, 4.69) is 30.2 Å². The van der Waals surface area contributed by atoms with Crippen molar-refractivity contribution < 1.29 is 0 Å². The van der Waals surface area contributed by atoms with Crippen LogP contribution in [0, 0.1) is 0 Å². The summed E-state index contributed by atoms with van der Waals surface area (Å²) in [5, 5.41) is 3.09. The molecule has 2 nitrogen and oxygen atoms in total. The Morgan fingerprint density at radius 3 is 2.58 bits per heavy atom. The number of rotatable bonds is 3. The van der Waals surface area contributed by atoms with Gasteiger partial charge >= 0.3 is 0 Å². The normalized spacial score (nSPS) is 9.92. The van der Waals surface area contributed by atoms with E-state index < -0.39 is 0 Å². The molecule has 0 bridgehead atoms. The van der Waals surface area contributed by atoms with E-state index in [9.17, 15) is 0 Å². The Morgan fingerprint density at radius 2 is 2.08 bits per heavy atom. The molecule has 0 spiro atoms. The van der Waals surface area contributed by atoms with Crippen LogP contribution in [0.3, 0.4) is 0 Å². The molecular formula is C10H16N2. The van der Waals surface area contributed by atoms with Gasteiger partial charge in [0.05, 0.1) is 0 Å². The maximum absolute atomic E-state index is 4.33. The SMILES string of the molecule is CCc1cnc(NC)c(CC)c1. The smallest absolute Gasteiger partial charge is 0.128 e. The van der Waals surface area contributed by atoms with E-state index in [4.69, 9.17) is 0 Å². The molecule has 1 N–H and O–H groups in total. The molecule has 0 aliphatic carbocycles. The van der Waals surface area contributed by atoms with Gasteiger partial charge in [0.25, 0.3) is 0 Å². The quantitative estimate of drug-likeness (QED) is 0.741. The molecule has 0 aromatic carbocycles. The van der Waals surface area contributed by atoms with Crippen LogP contribution in [0.4, 0.5) is 5.82 Å². The third kappa shape index (κ3) is 1.76. The second kappa shape index (κ2) is 4.10. The summed E-state index contributed by atoms with van der Waals surface area (Å²) >= 11 is 0. The number of nitrogens with zero attached hydrogens (tertiary/aromatic N) is 1. The minimum atomic E-state index is 1.01. The van der Waals surface area contributed by atoms with Crippen molar-refractivity contribution in [1.82, 2.24) is 4.98 Å². The van der Waals surface area contributed by atoms with Gasteiger partial charge in [-0.05, 0) is 24.0 Å². The number of hydrogen-bond acceptors (Lipinski definition) is 2. The number of nitrogens with one attached hydrogen (secondary N) is 1. The van der Waals surface area contributed by atoms with Crippen LogP contribution in [-0.4, -0.2) is 12.0 Å². The molecule has 1 heterocycles. The molecule has 0 atom stereocenters. The molecule has 0 amide bonds. The minimum absolute atomic E-state index is 1.01. The number of hydrogen-bond donors (Lipinski definition) is 1. The van der Waals surface area contributed by atoms with Crippen LogP contribution in [-0.2, 0) is 12.8 Å². The zero-order valence-corrected chi connectivity index (χ0v) is 8.02. The Labute approximate surface area is 74.0 Å². The minimum Gasteiger partial charge on any atom is -0.373 e. The lowest BCUT2D eigenvalue weighted by Gasteiger charge is -2.07. The summed E-state index contributed by atoms with van der Waals surface area (Å²) in [4.78, 5) is 4.33. The first kappa shape index (κ1) is 9.04. The van der Waals surface area contributed by atoms with Gasteiger partial charge in [-0.3, -0.25) is 0 Å². The van der Waals surface area contributed by atoms with Gasteiger partial charge < -0.3 is 5.32 Å². The van der Waals surface area contributed by atoms with Crippen LogP contribution in [0.1, 0.15) is 25.0 Å². The second-order valence-electron chi connectivity index (χ2n) is 2.81. The van der Waals surface area contributed by atoms with E-state index in [0.717, 1.165) is 18.7 Å². The predicted molar refractivity (Wildman–Crippen MR) is 52.5 cm³/mol. The predicted octanol–water partition coefficient (Wildman–Crippen LogP) is 2.25. The Balaban J connectivity index is 3.02. The number of pyridine rings is 1. The fraction of sp³-hybridized carbons (Fsp3) is 0.500. The molecular weight excluding hydrogens is 148 g/mol. The van der Waals surface area contributed by atoms with E-state index >= 15 is 0 Å². The van der Waals surface area contributed by atoms with Gasteiger partial charge in [-0.2, -0.15) is 0 Å². The molecule has 0 aliphatic rings. The largest absolute Gasteiger partial charge is 0.373 e. The number of aromatic nitrogens is 1. The average molecular weight is 164 g/mol. The van der Waals surface area contributed by atoms with Gasteiger partial charge in [0.1, 0.15) is 5.82 Å². The molecule has 66 valence electrons. The van der Waals surface area contributed by atoms with Crippen molar-refractivity contribution in [2.24, 2.45) is 0 Å². The molecule has 2 heteroatoms. The number of aryl methyl sites for hydroxylation is 2. The van der Waals surface area contributed by atoms with Crippen molar-refractivity contribution in [3.05, 3.63) is 23.4 Å². The van der Waals surface area contributed by atoms with Gasteiger partial charge in [-0.1, -0.05) is 19.9 Å². The molecule has 0 fully saturated rings. The lowest BCUT2D eigenvalue weighted by Crippen LogP contribution is -1.98. The van der Waals surface area contributed by atoms with E-state index in [1.54, 1.807) is 0 Å². The Hall–Kier alpha value is -1.05. The number of anilines is 1. The molecule has 0 saturated carbocycles. The second-order valence-corrected chi connectivity index (χ2v) is 2.81. The molecule has 12 heavy (non-hydrogen) atoms. The third-order valence-corrected chi connectivity index (χ3v) is 2.05. The standard InChI is InChI=1S/C10H16N2/c1-4-8-6-9(5-2)10(11-3)12-7-8/h6-7H,4-5H2,1-3H3,(H,11,12). The van der Waals surface area contributed by atoms with Gasteiger partial charge in [-0.15, -0.1) is 0 Å². The zero-order chi connectivity index (χ0) is 8.97. The van der Waals surface area contributed by atoms with Crippen LogP contribution in [0.15, 0.2) is 12.3 Å². The first-order valence-corrected chi connectivity index (χ1v) is 4.47. The van der Waals surface area contributed by atoms with E-state index in [-0.39, 0.29) is 0 Å². The first-order chi connectivity index (χ1) is 5.81. The fourth-order valence-electron chi connectivity index (χ4n) is 1.25. The van der Waals surface area contributed by atoms with E-state index in [1.807, 2.05) is 13.2 Å².